The maximum atomic E-state index is 13.6. The van der Waals surface area contributed by atoms with Crippen LogP contribution < -0.4 is 0 Å². The number of benzene rings is 2. The molecule has 1 amide bonds. The third-order valence-corrected chi connectivity index (χ3v) is 5.66. The molecule has 6 nitrogen and oxygen atoms in total. The summed E-state index contributed by atoms with van der Waals surface area (Å²) in [5.41, 5.74) is 1.42. The van der Waals surface area contributed by atoms with E-state index in [-0.39, 0.29) is 23.9 Å². The summed E-state index contributed by atoms with van der Waals surface area (Å²) >= 11 is 0. The number of nitrogens with zero attached hydrogens (tertiary/aromatic N) is 2. The van der Waals surface area contributed by atoms with Gasteiger partial charge in [0.25, 0.3) is 5.91 Å². The second-order valence-electron chi connectivity index (χ2n) is 7.87. The van der Waals surface area contributed by atoms with Crippen molar-refractivity contribution in [3.05, 3.63) is 107 Å². The Kier molecular flexibility index (Phi) is 5.92. The van der Waals surface area contributed by atoms with E-state index in [4.69, 9.17) is 4.42 Å². The molecule has 2 heterocycles. The minimum Gasteiger partial charge on any atom is -0.503 e. The summed E-state index contributed by atoms with van der Waals surface area (Å²) in [6, 6.07) is 17.2. The van der Waals surface area contributed by atoms with E-state index in [0.717, 1.165) is 5.56 Å². The zero-order chi connectivity index (χ0) is 22.8. The summed E-state index contributed by atoms with van der Waals surface area (Å²) in [6.45, 7) is 0.205. The lowest BCUT2D eigenvalue weighted by Crippen LogP contribution is -2.38. The Labute approximate surface area is 185 Å². The Hall–Kier alpha value is -3.71. The van der Waals surface area contributed by atoms with E-state index in [9.17, 15) is 19.1 Å². The molecular weight excluding hydrogens is 411 g/mol. The van der Waals surface area contributed by atoms with Crippen LogP contribution in [-0.4, -0.2) is 47.2 Å². The summed E-state index contributed by atoms with van der Waals surface area (Å²) in [6.07, 6.45) is 1.35. The van der Waals surface area contributed by atoms with Gasteiger partial charge in [-0.2, -0.15) is 0 Å². The molecule has 0 saturated carbocycles. The average molecular weight is 434 g/mol. The van der Waals surface area contributed by atoms with Gasteiger partial charge in [-0.15, -0.1) is 0 Å². The van der Waals surface area contributed by atoms with Gasteiger partial charge >= 0.3 is 0 Å². The van der Waals surface area contributed by atoms with Crippen molar-refractivity contribution < 1.29 is 23.5 Å². The highest BCUT2D eigenvalue weighted by molar-refractivity contribution is 6.15. The topological polar surface area (TPSA) is 74.0 Å². The van der Waals surface area contributed by atoms with Gasteiger partial charge in [-0.1, -0.05) is 42.5 Å². The Bertz CT molecular complexity index is 1140. The van der Waals surface area contributed by atoms with Gasteiger partial charge < -0.3 is 19.3 Å². The monoisotopic (exact) mass is 434 g/mol. The number of carbonyl (C=O) groups excluding carboxylic acids is 2. The fraction of sp³-hybridized carbons (Fsp3) is 0.200. The van der Waals surface area contributed by atoms with Crippen LogP contribution in [0.3, 0.4) is 0 Å². The fourth-order valence-electron chi connectivity index (χ4n) is 4.03. The molecular formula is C25H23FN2O4. The first kappa shape index (κ1) is 21.5. The van der Waals surface area contributed by atoms with Crippen LogP contribution in [0, 0.1) is 5.82 Å². The van der Waals surface area contributed by atoms with Crippen LogP contribution in [0.4, 0.5) is 4.39 Å². The number of likely N-dealkylation sites (N-methyl/N-ethyl adjacent to an activating group) is 1. The van der Waals surface area contributed by atoms with Crippen molar-refractivity contribution in [1.82, 2.24) is 9.80 Å². The third kappa shape index (κ3) is 3.94. The van der Waals surface area contributed by atoms with Gasteiger partial charge in [0.05, 0.1) is 23.9 Å². The minimum atomic E-state index is -0.883. The number of halogens is 1. The van der Waals surface area contributed by atoms with Gasteiger partial charge in [-0.05, 0) is 49.5 Å². The predicted octanol–water partition coefficient (Wildman–Crippen LogP) is 4.30. The molecule has 7 heteroatoms. The second kappa shape index (κ2) is 8.80. The lowest BCUT2D eigenvalue weighted by atomic mass is 9.94. The molecule has 2 unspecified atom stereocenters. The molecule has 1 aromatic heterocycles. The summed E-state index contributed by atoms with van der Waals surface area (Å²) < 4.78 is 18.8. The summed E-state index contributed by atoms with van der Waals surface area (Å²) in [5.74, 6) is -2.28. The lowest BCUT2D eigenvalue weighted by Gasteiger charge is -2.33. The molecule has 1 aliphatic heterocycles. The van der Waals surface area contributed by atoms with Crippen LogP contribution in [0.5, 0.6) is 0 Å². The van der Waals surface area contributed by atoms with Gasteiger partial charge in [0.2, 0.25) is 5.78 Å². The molecule has 2 atom stereocenters. The molecule has 2 aromatic carbocycles. The number of aliphatic hydroxyl groups excluding tert-OH is 1. The van der Waals surface area contributed by atoms with Crippen LogP contribution in [0.1, 0.15) is 33.8 Å². The number of aliphatic hydroxyl groups is 1. The van der Waals surface area contributed by atoms with Crippen LogP contribution in [-0.2, 0) is 4.79 Å². The van der Waals surface area contributed by atoms with E-state index in [2.05, 4.69) is 0 Å². The van der Waals surface area contributed by atoms with Crippen LogP contribution in [0.25, 0.3) is 0 Å². The van der Waals surface area contributed by atoms with Crippen molar-refractivity contribution in [3.63, 3.8) is 0 Å². The first-order chi connectivity index (χ1) is 15.4. The summed E-state index contributed by atoms with van der Waals surface area (Å²) in [5, 5.41) is 10.7. The first-order valence-corrected chi connectivity index (χ1v) is 10.2. The number of hydrogen-bond acceptors (Lipinski definition) is 5. The third-order valence-electron chi connectivity index (χ3n) is 5.66. The van der Waals surface area contributed by atoms with Gasteiger partial charge in [0.1, 0.15) is 5.82 Å². The van der Waals surface area contributed by atoms with Gasteiger partial charge in [-0.25, -0.2) is 4.39 Å². The Morgan fingerprint density at radius 2 is 1.78 bits per heavy atom. The Balaban J connectivity index is 1.78. The highest BCUT2D eigenvalue weighted by Gasteiger charge is 2.45. The zero-order valence-electron chi connectivity index (χ0n) is 17.7. The van der Waals surface area contributed by atoms with Crippen molar-refractivity contribution in [2.24, 2.45) is 0 Å². The second-order valence-corrected chi connectivity index (χ2v) is 7.87. The van der Waals surface area contributed by atoms with E-state index in [1.54, 1.807) is 6.07 Å². The van der Waals surface area contributed by atoms with E-state index >= 15 is 0 Å². The number of rotatable bonds is 7. The lowest BCUT2D eigenvalue weighted by molar-refractivity contribution is -0.130. The van der Waals surface area contributed by atoms with E-state index in [1.165, 1.54) is 41.5 Å². The van der Waals surface area contributed by atoms with Gasteiger partial charge in [-0.3, -0.25) is 9.59 Å². The van der Waals surface area contributed by atoms with Crippen LogP contribution in [0.2, 0.25) is 0 Å². The summed E-state index contributed by atoms with van der Waals surface area (Å²) in [4.78, 5) is 29.8. The predicted molar refractivity (Wildman–Crippen MR) is 116 cm³/mol. The largest absolute Gasteiger partial charge is 0.503 e. The number of Topliss-reactive ketones (excluding diaryl/α,β-unsaturated/α-hetero) is 1. The van der Waals surface area contributed by atoms with Gasteiger partial charge in [0, 0.05) is 6.54 Å². The number of ketones is 1. The maximum absolute atomic E-state index is 13.6. The van der Waals surface area contributed by atoms with Crippen molar-refractivity contribution in [2.45, 2.75) is 12.1 Å². The molecule has 4 rings (SSSR count). The van der Waals surface area contributed by atoms with Gasteiger partial charge in [0.15, 0.2) is 11.5 Å². The van der Waals surface area contributed by atoms with Crippen LogP contribution >= 0.6 is 0 Å². The summed E-state index contributed by atoms with van der Waals surface area (Å²) in [7, 11) is 3.79. The molecule has 0 bridgehead atoms. The molecule has 0 radical (unpaired) electrons. The maximum Gasteiger partial charge on any atom is 0.290 e. The van der Waals surface area contributed by atoms with Crippen molar-refractivity contribution in [3.8, 4) is 0 Å². The van der Waals surface area contributed by atoms with E-state index < -0.39 is 29.3 Å². The Morgan fingerprint density at radius 3 is 2.38 bits per heavy atom. The molecule has 0 fully saturated rings. The Morgan fingerprint density at radius 1 is 1.09 bits per heavy atom. The molecule has 32 heavy (non-hydrogen) atoms. The number of amides is 1. The zero-order valence-corrected chi connectivity index (χ0v) is 17.7. The normalized spacial score (nSPS) is 17.3. The quantitative estimate of drug-likeness (QED) is 0.562. The van der Waals surface area contributed by atoms with Crippen molar-refractivity contribution >= 4 is 11.7 Å². The molecule has 1 aliphatic rings. The fourth-order valence-corrected chi connectivity index (χ4v) is 4.03. The molecule has 3 aromatic rings. The van der Waals surface area contributed by atoms with Crippen molar-refractivity contribution in [1.29, 1.82) is 0 Å². The van der Waals surface area contributed by atoms with Crippen molar-refractivity contribution in [2.75, 3.05) is 20.6 Å². The highest BCUT2D eigenvalue weighted by Crippen LogP contribution is 2.40. The molecule has 0 spiro atoms. The number of carbonyl (C=O) groups is 2. The number of furan rings is 1. The highest BCUT2D eigenvalue weighted by atomic mass is 19.1. The number of hydrogen-bond donors (Lipinski definition) is 1. The average Bonchev–Trinajstić information content (AvgIpc) is 3.41. The first-order valence-electron chi connectivity index (χ1n) is 10.2. The molecule has 0 saturated heterocycles. The SMILES string of the molecule is CN(C)C(CN1C(=O)C(O)=C(C(=O)c2ccco2)C1c1ccc(F)cc1)c1ccccc1. The minimum absolute atomic E-state index is 0.0144. The van der Waals surface area contributed by atoms with E-state index in [1.807, 2.05) is 49.3 Å². The smallest absolute Gasteiger partial charge is 0.290 e. The van der Waals surface area contributed by atoms with Crippen LogP contribution in [0.15, 0.2) is 88.7 Å². The standard InChI is InChI=1S/C25H23FN2O4/c1-27(2)19(16-7-4-3-5-8-16)15-28-22(17-10-12-18(26)13-11-17)21(24(30)25(28)31)23(29)20-9-6-14-32-20/h3-14,19,22,30H,15H2,1-2H3. The van der Waals surface area contributed by atoms with E-state index in [0.29, 0.717) is 5.56 Å². The molecule has 0 aliphatic carbocycles. The molecule has 164 valence electrons. The molecule has 1 N–H and O–H groups in total.